The number of carbonyl (C=O) groups is 1. The summed E-state index contributed by atoms with van der Waals surface area (Å²) in [4.78, 5) is 8.90. The van der Waals surface area contributed by atoms with Crippen molar-refractivity contribution in [2.75, 3.05) is 0 Å². The molecule has 0 spiro atoms. The van der Waals surface area contributed by atoms with Gasteiger partial charge in [-0.1, -0.05) is 18.2 Å². The zero-order valence-electron chi connectivity index (χ0n) is 9.14. The van der Waals surface area contributed by atoms with Gasteiger partial charge in [-0.2, -0.15) is 13.2 Å². The number of carboxylic acid groups (broad SMARTS) is 1. The van der Waals surface area contributed by atoms with Crippen LogP contribution in [-0.2, 0) is 17.9 Å². The molecule has 0 amide bonds. The van der Waals surface area contributed by atoms with E-state index in [-0.39, 0.29) is 0 Å². The fourth-order valence-corrected chi connectivity index (χ4v) is 1.50. The summed E-state index contributed by atoms with van der Waals surface area (Å²) in [6, 6.07) is 6.50. The third kappa shape index (κ3) is 3.74. The molecule has 0 saturated carbocycles. The summed E-state index contributed by atoms with van der Waals surface area (Å²) in [6.45, 7) is 4.28. The number of halogens is 3. The van der Waals surface area contributed by atoms with E-state index in [1.807, 2.05) is 0 Å². The molecule has 0 fully saturated rings. The zero-order valence-corrected chi connectivity index (χ0v) is 9.14. The molecule has 0 aliphatic carbocycles. The molecule has 17 heavy (non-hydrogen) atoms. The van der Waals surface area contributed by atoms with Crippen molar-refractivity contribution in [2.24, 2.45) is 0 Å². The summed E-state index contributed by atoms with van der Waals surface area (Å²) in [5.41, 5.74) is 4.39. The van der Waals surface area contributed by atoms with Crippen LogP contribution in [0.4, 0.5) is 13.2 Å². The lowest BCUT2D eigenvalue weighted by Crippen LogP contribution is -2.21. The number of hydrogen-bond donors (Lipinski definition) is 2. The second kappa shape index (κ2) is 5.18. The van der Waals surface area contributed by atoms with Gasteiger partial charge in [0.05, 0.1) is 0 Å². The molecule has 1 aromatic rings. The van der Waals surface area contributed by atoms with Gasteiger partial charge in [0, 0.05) is 13.1 Å². The molecule has 0 atom stereocenters. The minimum absolute atomic E-state index is 1.05. The Morgan fingerprint density at radius 1 is 1.35 bits per heavy atom. The van der Waals surface area contributed by atoms with Crippen LogP contribution in [0.25, 0.3) is 0 Å². The summed E-state index contributed by atoms with van der Waals surface area (Å²) in [5, 5.41) is 10.5. The lowest BCUT2D eigenvalue weighted by molar-refractivity contribution is -0.192. The molecule has 3 nitrogen and oxygen atoms in total. The molecule has 1 heterocycles. The third-order valence-electron chi connectivity index (χ3n) is 2.37. The summed E-state index contributed by atoms with van der Waals surface area (Å²) in [7, 11) is 0. The van der Waals surface area contributed by atoms with Crippen LogP contribution >= 0.6 is 0 Å². The first-order valence-electron chi connectivity index (χ1n) is 4.90. The molecule has 0 aromatic heterocycles. The van der Waals surface area contributed by atoms with E-state index in [1.54, 1.807) is 0 Å². The normalized spacial score (nSPS) is 13.6. The van der Waals surface area contributed by atoms with E-state index in [0.717, 1.165) is 13.1 Å². The van der Waals surface area contributed by atoms with Crippen molar-refractivity contribution in [3.8, 4) is 0 Å². The standard InChI is InChI=1S/C9H11N.C2HF3O2/c1-7-3-2-4-8-5-10-6-9(7)8;3-2(4,5)1(6)7/h2-4,10H,5-6H2,1H3;(H,6,7). The maximum Gasteiger partial charge on any atom is 0.490 e. The molecule has 2 rings (SSSR count). The van der Waals surface area contributed by atoms with Crippen molar-refractivity contribution in [3.63, 3.8) is 0 Å². The van der Waals surface area contributed by atoms with E-state index in [9.17, 15) is 13.2 Å². The first-order valence-corrected chi connectivity index (χ1v) is 4.90. The van der Waals surface area contributed by atoms with Crippen LogP contribution in [-0.4, -0.2) is 17.3 Å². The molecule has 2 N–H and O–H groups in total. The molecule has 0 unspecified atom stereocenters. The van der Waals surface area contributed by atoms with Gasteiger partial charge in [-0.15, -0.1) is 0 Å². The van der Waals surface area contributed by atoms with E-state index in [0.29, 0.717) is 0 Å². The topological polar surface area (TPSA) is 49.3 Å². The maximum atomic E-state index is 10.6. The van der Waals surface area contributed by atoms with Gasteiger partial charge in [0.15, 0.2) is 0 Å². The van der Waals surface area contributed by atoms with Crippen LogP contribution in [0.1, 0.15) is 16.7 Å². The van der Waals surface area contributed by atoms with Gasteiger partial charge >= 0.3 is 12.1 Å². The molecule has 1 aliphatic rings. The lowest BCUT2D eigenvalue weighted by atomic mass is 10.1. The lowest BCUT2D eigenvalue weighted by Gasteiger charge is -1.99. The van der Waals surface area contributed by atoms with Crippen molar-refractivity contribution in [1.82, 2.24) is 5.32 Å². The number of hydrogen-bond acceptors (Lipinski definition) is 2. The highest BCUT2D eigenvalue weighted by atomic mass is 19.4. The molecule has 0 radical (unpaired) electrons. The molecular weight excluding hydrogens is 235 g/mol. The Kier molecular flexibility index (Phi) is 4.11. The fourth-order valence-electron chi connectivity index (χ4n) is 1.50. The number of benzene rings is 1. The van der Waals surface area contributed by atoms with Crippen molar-refractivity contribution in [1.29, 1.82) is 0 Å². The Morgan fingerprint density at radius 2 is 1.94 bits per heavy atom. The van der Waals surface area contributed by atoms with Crippen LogP contribution in [0.5, 0.6) is 0 Å². The minimum Gasteiger partial charge on any atom is -0.475 e. The van der Waals surface area contributed by atoms with E-state index < -0.39 is 12.1 Å². The second-order valence-electron chi connectivity index (χ2n) is 3.62. The fraction of sp³-hybridized carbons (Fsp3) is 0.364. The predicted octanol–water partition coefficient (Wildman–Crippen LogP) is 2.23. The van der Waals surface area contributed by atoms with Gasteiger partial charge in [0.25, 0.3) is 0 Å². The van der Waals surface area contributed by atoms with E-state index >= 15 is 0 Å². The summed E-state index contributed by atoms with van der Waals surface area (Å²) in [5.74, 6) is -2.76. The van der Waals surface area contributed by atoms with Crippen molar-refractivity contribution in [2.45, 2.75) is 26.2 Å². The van der Waals surface area contributed by atoms with E-state index in [4.69, 9.17) is 9.90 Å². The molecule has 94 valence electrons. The van der Waals surface area contributed by atoms with Crippen molar-refractivity contribution < 1.29 is 23.1 Å². The third-order valence-corrected chi connectivity index (χ3v) is 2.37. The van der Waals surface area contributed by atoms with Crippen LogP contribution in [0.3, 0.4) is 0 Å². The van der Waals surface area contributed by atoms with E-state index in [1.165, 1.54) is 16.7 Å². The second-order valence-corrected chi connectivity index (χ2v) is 3.62. The highest BCUT2D eigenvalue weighted by molar-refractivity contribution is 5.73. The van der Waals surface area contributed by atoms with Crippen LogP contribution < -0.4 is 5.32 Å². The van der Waals surface area contributed by atoms with Crippen LogP contribution in [0.15, 0.2) is 18.2 Å². The summed E-state index contributed by atoms with van der Waals surface area (Å²) in [6.07, 6.45) is -5.08. The Morgan fingerprint density at radius 3 is 2.41 bits per heavy atom. The van der Waals surface area contributed by atoms with Gasteiger partial charge in [0.2, 0.25) is 0 Å². The number of alkyl halides is 3. The summed E-state index contributed by atoms with van der Waals surface area (Å²) >= 11 is 0. The molecule has 6 heteroatoms. The molecular formula is C11H12F3NO2. The molecule has 0 bridgehead atoms. The monoisotopic (exact) mass is 247 g/mol. The Labute approximate surface area is 96.3 Å². The Hall–Kier alpha value is -1.56. The maximum absolute atomic E-state index is 10.6. The molecule has 0 saturated heterocycles. The van der Waals surface area contributed by atoms with Crippen LogP contribution in [0, 0.1) is 6.92 Å². The number of nitrogens with one attached hydrogen (secondary N) is 1. The SMILES string of the molecule is Cc1cccc2c1CNC2.O=C(O)C(F)(F)F. The first kappa shape index (κ1) is 13.5. The van der Waals surface area contributed by atoms with Crippen molar-refractivity contribution in [3.05, 3.63) is 34.9 Å². The average molecular weight is 247 g/mol. The van der Waals surface area contributed by atoms with Gasteiger partial charge in [-0.05, 0) is 23.6 Å². The number of rotatable bonds is 0. The highest BCUT2D eigenvalue weighted by Crippen LogP contribution is 2.18. The number of fused-ring (bicyclic) bond motifs is 1. The first-order chi connectivity index (χ1) is 7.82. The average Bonchev–Trinajstić information content (AvgIpc) is 2.66. The molecule has 1 aromatic carbocycles. The molecule has 1 aliphatic heterocycles. The van der Waals surface area contributed by atoms with Gasteiger partial charge < -0.3 is 10.4 Å². The minimum atomic E-state index is -5.08. The summed E-state index contributed by atoms with van der Waals surface area (Å²) < 4.78 is 31.7. The number of carboxylic acids is 1. The zero-order chi connectivity index (χ0) is 13.1. The largest absolute Gasteiger partial charge is 0.490 e. The Bertz CT molecular complexity index is 416. The Balaban J connectivity index is 0.000000185. The highest BCUT2D eigenvalue weighted by Gasteiger charge is 2.38. The van der Waals surface area contributed by atoms with Gasteiger partial charge in [-0.3, -0.25) is 0 Å². The van der Waals surface area contributed by atoms with Crippen molar-refractivity contribution >= 4 is 5.97 Å². The number of aryl methyl sites for hydroxylation is 1. The quantitative estimate of drug-likeness (QED) is 0.739. The van der Waals surface area contributed by atoms with Crippen LogP contribution in [0.2, 0.25) is 0 Å². The predicted molar refractivity (Wildman–Crippen MR) is 55.4 cm³/mol. The van der Waals surface area contributed by atoms with E-state index in [2.05, 4.69) is 30.4 Å². The van der Waals surface area contributed by atoms with Gasteiger partial charge in [0.1, 0.15) is 0 Å². The number of aliphatic carboxylic acids is 1. The smallest absolute Gasteiger partial charge is 0.475 e. The van der Waals surface area contributed by atoms with Gasteiger partial charge in [-0.25, -0.2) is 4.79 Å².